The highest BCUT2D eigenvalue weighted by Crippen LogP contribution is 2.45. The topological polar surface area (TPSA) is 78.1 Å². The summed E-state index contributed by atoms with van der Waals surface area (Å²) in [5.74, 6) is 1.36. The number of halogens is 1. The molecule has 2 fully saturated rings. The van der Waals surface area contributed by atoms with Crippen molar-refractivity contribution in [2.75, 3.05) is 26.4 Å². The predicted molar refractivity (Wildman–Crippen MR) is 157 cm³/mol. The molecule has 2 unspecified atom stereocenters. The summed E-state index contributed by atoms with van der Waals surface area (Å²) in [6, 6.07) is 21.4. The smallest absolute Gasteiger partial charge is 0.246 e. The quantitative estimate of drug-likeness (QED) is 0.364. The number of amides is 2. The van der Waals surface area contributed by atoms with Crippen LogP contribution in [0.1, 0.15) is 34.8 Å². The summed E-state index contributed by atoms with van der Waals surface area (Å²) in [5.41, 5.74) is 5.20. The van der Waals surface area contributed by atoms with Crippen molar-refractivity contribution in [2.45, 2.75) is 37.5 Å². The normalized spacial score (nSPS) is 23.8. The maximum Gasteiger partial charge on any atom is 0.246 e. The largest absolute Gasteiger partial charge is 0.454 e. The van der Waals surface area contributed by atoms with E-state index in [-0.39, 0.29) is 31.2 Å². The van der Waals surface area contributed by atoms with E-state index in [4.69, 9.17) is 9.47 Å². The number of ether oxygens (including phenoxy) is 2. The zero-order valence-electron chi connectivity index (χ0n) is 22.4. The third-order valence-electron chi connectivity index (χ3n) is 9.00. The summed E-state index contributed by atoms with van der Waals surface area (Å²) < 4.78 is 12.2. The highest BCUT2D eigenvalue weighted by molar-refractivity contribution is 9.10. The van der Waals surface area contributed by atoms with Crippen molar-refractivity contribution in [1.82, 2.24) is 19.7 Å². The summed E-state index contributed by atoms with van der Waals surface area (Å²) in [4.78, 5) is 38.0. The second kappa shape index (κ2) is 9.63. The van der Waals surface area contributed by atoms with Gasteiger partial charge in [-0.3, -0.25) is 14.5 Å². The number of rotatable bonds is 4. The van der Waals surface area contributed by atoms with Crippen molar-refractivity contribution in [2.24, 2.45) is 0 Å². The van der Waals surface area contributed by atoms with Crippen molar-refractivity contribution >= 4 is 38.6 Å². The molecule has 2 saturated heterocycles. The highest BCUT2D eigenvalue weighted by Gasteiger charge is 2.50. The molecule has 4 aromatic rings. The van der Waals surface area contributed by atoms with Crippen LogP contribution in [0.15, 0.2) is 71.2 Å². The zero-order valence-corrected chi connectivity index (χ0v) is 24.0. The first-order valence-electron chi connectivity index (χ1n) is 14.1. The SMILES string of the molecule is O=C1CN([C@@H]2CCN(Cc3ccccc3)C2)C(=O)C2Cc3c([nH]c4ccc(Br)cc34)C(c3ccc4c(c3)OCO4)N12. The molecular weight excluding hydrogens is 584 g/mol. The minimum absolute atomic E-state index is 0.0238. The van der Waals surface area contributed by atoms with Gasteiger partial charge < -0.3 is 24.3 Å². The number of benzene rings is 3. The molecule has 5 heterocycles. The Balaban J connectivity index is 1.15. The Bertz CT molecular complexity index is 1690. The minimum atomic E-state index is -0.569. The second-order valence-electron chi connectivity index (χ2n) is 11.4. The molecule has 41 heavy (non-hydrogen) atoms. The lowest BCUT2D eigenvalue weighted by molar-refractivity contribution is -0.160. The maximum atomic E-state index is 14.3. The van der Waals surface area contributed by atoms with E-state index in [9.17, 15) is 9.59 Å². The van der Waals surface area contributed by atoms with Gasteiger partial charge in [0.15, 0.2) is 11.5 Å². The van der Waals surface area contributed by atoms with Gasteiger partial charge in [-0.1, -0.05) is 52.3 Å². The van der Waals surface area contributed by atoms with Gasteiger partial charge >= 0.3 is 0 Å². The van der Waals surface area contributed by atoms with Gasteiger partial charge in [-0.2, -0.15) is 0 Å². The highest BCUT2D eigenvalue weighted by atomic mass is 79.9. The molecule has 208 valence electrons. The molecule has 0 radical (unpaired) electrons. The van der Waals surface area contributed by atoms with Crippen LogP contribution in [-0.4, -0.2) is 70.0 Å². The Morgan fingerprint density at radius 3 is 2.71 bits per heavy atom. The number of carbonyl (C=O) groups is 2. The third kappa shape index (κ3) is 4.13. The number of hydrogen-bond acceptors (Lipinski definition) is 5. The number of nitrogens with one attached hydrogen (secondary N) is 1. The average Bonchev–Trinajstić information content (AvgIpc) is 3.73. The molecule has 2 amide bonds. The van der Waals surface area contributed by atoms with Gasteiger partial charge in [0.1, 0.15) is 12.6 Å². The molecule has 1 N–H and O–H groups in total. The monoisotopic (exact) mass is 612 g/mol. The first-order chi connectivity index (χ1) is 20.0. The van der Waals surface area contributed by atoms with Crippen molar-refractivity contribution in [3.8, 4) is 11.5 Å². The minimum Gasteiger partial charge on any atom is -0.454 e. The maximum absolute atomic E-state index is 14.3. The van der Waals surface area contributed by atoms with Crippen LogP contribution >= 0.6 is 15.9 Å². The summed E-state index contributed by atoms with van der Waals surface area (Å²) in [7, 11) is 0. The fourth-order valence-electron chi connectivity index (χ4n) is 7.10. The summed E-state index contributed by atoms with van der Waals surface area (Å²) in [6.07, 6.45) is 1.35. The molecule has 1 aromatic heterocycles. The van der Waals surface area contributed by atoms with Crippen LogP contribution in [0.3, 0.4) is 0 Å². The molecule has 8 nitrogen and oxygen atoms in total. The van der Waals surface area contributed by atoms with E-state index in [1.54, 1.807) is 0 Å². The first kappa shape index (κ1) is 24.9. The Labute approximate surface area is 245 Å². The number of aromatic amines is 1. The molecule has 3 atom stereocenters. The van der Waals surface area contributed by atoms with Gasteiger partial charge in [-0.15, -0.1) is 0 Å². The lowest BCUT2D eigenvalue weighted by Gasteiger charge is -2.48. The number of hydrogen-bond donors (Lipinski definition) is 1. The Kier molecular flexibility index (Phi) is 5.86. The number of aromatic nitrogens is 1. The van der Waals surface area contributed by atoms with Crippen molar-refractivity contribution in [3.63, 3.8) is 0 Å². The lowest BCUT2D eigenvalue weighted by Crippen LogP contribution is -2.65. The molecule has 9 heteroatoms. The van der Waals surface area contributed by atoms with Gasteiger partial charge in [-0.25, -0.2) is 0 Å². The van der Waals surface area contributed by atoms with Crippen LogP contribution in [0, 0.1) is 0 Å². The van der Waals surface area contributed by atoms with E-state index < -0.39 is 12.1 Å². The number of likely N-dealkylation sites (tertiary alicyclic amines) is 1. The molecule has 0 bridgehead atoms. The van der Waals surface area contributed by atoms with Gasteiger partial charge in [0, 0.05) is 53.2 Å². The van der Waals surface area contributed by atoms with Gasteiger partial charge in [0.2, 0.25) is 18.6 Å². The lowest BCUT2D eigenvalue weighted by atomic mass is 9.85. The zero-order chi connectivity index (χ0) is 27.7. The number of fused-ring (bicyclic) bond motifs is 5. The molecule has 4 aliphatic heterocycles. The number of carbonyl (C=O) groups excluding carboxylic acids is 2. The summed E-state index contributed by atoms with van der Waals surface area (Å²) in [5, 5.41) is 1.08. The number of nitrogens with zero attached hydrogens (tertiary/aromatic N) is 3. The third-order valence-corrected chi connectivity index (χ3v) is 9.49. The molecule has 0 spiro atoms. The summed E-state index contributed by atoms with van der Waals surface area (Å²) >= 11 is 3.62. The van der Waals surface area contributed by atoms with E-state index in [2.05, 4.69) is 56.1 Å². The Morgan fingerprint density at radius 2 is 1.83 bits per heavy atom. The van der Waals surface area contributed by atoms with Crippen molar-refractivity contribution in [3.05, 3.63) is 93.6 Å². The van der Waals surface area contributed by atoms with Crippen molar-refractivity contribution < 1.29 is 19.1 Å². The number of H-pyrrole nitrogens is 1. The number of piperazine rings is 1. The van der Waals surface area contributed by atoms with E-state index in [0.717, 1.165) is 58.3 Å². The summed E-state index contributed by atoms with van der Waals surface area (Å²) in [6.45, 7) is 2.81. The van der Waals surface area contributed by atoms with Gasteiger partial charge in [0.05, 0.1) is 6.04 Å². The molecule has 8 rings (SSSR count). The van der Waals surface area contributed by atoms with Crippen LogP contribution < -0.4 is 9.47 Å². The molecular formula is C32H29BrN4O4. The van der Waals surface area contributed by atoms with Crippen LogP contribution in [0.5, 0.6) is 11.5 Å². The van der Waals surface area contributed by atoms with Crippen LogP contribution in [0.25, 0.3) is 10.9 Å². The molecule has 3 aromatic carbocycles. The predicted octanol–water partition coefficient (Wildman–Crippen LogP) is 4.62. The van der Waals surface area contributed by atoms with E-state index in [0.29, 0.717) is 17.9 Å². The molecule has 0 aliphatic carbocycles. The first-order valence-corrected chi connectivity index (χ1v) is 14.9. The van der Waals surface area contributed by atoms with Crippen LogP contribution in [-0.2, 0) is 22.6 Å². The average molecular weight is 614 g/mol. The Morgan fingerprint density at radius 1 is 0.976 bits per heavy atom. The van der Waals surface area contributed by atoms with E-state index in [1.165, 1.54) is 5.56 Å². The van der Waals surface area contributed by atoms with Gasteiger partial charge in [0.25, 0.3) is 0 Å². The molecule has 0 saturated carbocycles. The molecule has 4 aliphatic rings. The van der Waals surface area contributed by atoms with Crippen LogP contribution in [0.2, 0.25) is 0 Å². The van der Waals surface area contributed by atoms with Crippen LogP contribution in [0.4, 0.5) is 0 Å². The standard InChI is InChI=1S/C32H29BrN4O4/c33-21-7-8-25-23(13-21)24-14-26-32(39)36(22-10-11-35(16-22)15-19-4-2-1-3-5-19)17-29(38)37(26)31(30(24)34-25)20-6-9-27-28(12-20)41-18-40-27/h1-9,12-13,22,26,31,34H,10-11,14-18H2/t22-,26?,31?/m1/s1. The fourth-order valence-corrected chi connectivity index (χ4v) is 7.46. The van der Waals surface area contributed by atoms with Gasteiger partial charge in [-0.05, 0) is 53.4 Å². The van der Waals surface area contributed by atoms with Crippen molar-refractivity contribution in [1.29, 1.82) is 0 Å². The van der Waals surface area contributed by atoms with E-state index >= 15 is 0 Å². The second-order valence-corrected chi connectivity index (χ2v) is 12.3. The van der Waals surface area contributed by atoms with E-state index in [1.807, 2.05) is 46.2 Å². The fraction of sp³-hybridized carbons (Fsp3) is 0.312. The Hall–Kier alpha value is -3.82.